The molecular weight excluding hydrogens is 430 g/mol. The van der Waals surface area contributed by atoms with Gasteiger partial charge in [-0.1, -0.05) is 0 Å². The van der Waals surface area contributed by atoms with Crippen LogP contribution in [0.3, 0.4) is 0 Å². The molecule has 27 heavy (non-hydrogen) atoms. The molecule has 1 saturated carbocycles. The Morgan fingerprint density at radius 1 is 0.889 bits per heavy atom. The van der Waals surface area contributed by atoms with E-state index in [4.69, 9.17) is 0 Å². The van der Waals surface area contributed by atoms with E-state index in [-0.39, 0.29) is 40.9 Å². The molecule has 3 atom stereocenters. The van der Waals surface area contributed by atoms with Gasteiger partial charge in [-0.25, -0.2) is 0 Å². The molecule has 2 aliphatic carbocycles. The summed E-state index contributed by atoms with van der Waals surface area (Å²) in [4.78, 5) is 0. The number of fused-ring (bicyclic) bond motifs is 1. The van der Waals surface area contributed by atoms with Gasteiger partial charge in [-0.05, 0) is 0 Å². The number of hydrogen-bond donors (Lipinski definition) is 0. The summed E-state index contributed by atoms with van der Waals surface area (Å²) in [7, 11) is 0. The summed E-state index contributed by atoms with van der Waals surface area (Å²) in [5.74, 6) is 1.82. The zero-order valence-corrected chi connectivity index (χ0v) is 19.1. The topological polar surface area (TPSA) is 0 Å². The molecule has 4 heteroatoms. The number of allylic oxidation sites excluding steroid dienone is 4. The molecule has 0 N–H and O–H groups in total. The third-order valence-electron chi connectivity index (χ3n) is 5.89. The maximum atomic E-state index is 2.51. The summed E-state index contributed by atoms with van der Waals surface area (Å²) >= 11 is 2.51. The van der Waals surface area contributed by atoms with E-state index in [9.17, 15) is 0 Å². The molecular formula is C23H23Cl3Ti. The van der Waals surface area contributed by atoms with E-state index in [1.165, 1.54) is 24.0 Å². The van der Waals surface area contributed by atoms with Crippen molar-refractivity contribution in [3.05, 3.63) is 95.6 Å². The van der Waals surface area contributed by atoms with Crippen LogP contribution >= 0.6 is 0 Å². The molecule has 140 valence electrons. The maximum absolute atomic E-state index is 2.51. The fourth-order valence-corrected chi connectivity index (χ4v) is 5.89. The van der Waals surface area contributed by atoms with Gasteiger partial charge in [-0.3, -0.25) is 0 Å². The van der Waals surface area contributed by atoms with Gasteiger partial charge >= 0.3 is 157 Å². The van der Waals surface area contributed by atoms with E-state index in [0.29, 0.717) is 11.8 Å². The molecule has 2 aliphatic rings. The molecule has 0 nitrogen and oxygen atoms in total. The number of halogens is 3. The van der Waals surface area contributed by atoms with Crippen LogP contribution in [0.15, 0.2) is 84.5 Å². The van der Waals surface area contributed by atoms with Crippen LogP contribution in [-0.2, 0) is 20.4 Å². The summed E-state index contributed by atoms with van der Waals surface area (Å²) in [6.07, 6.45) is 9.54. The molecule has 0 bridgehead atoms. The summed E-state index contributed by atoms with van der Waals surface area (Å²) < 4.78 is 0.179. The molecule has 4 rings (SSSR count). The predicted octanol–water partition coefficient (Wildman–Crippen LogP) is -2.92. The number of hydrogen-bond acceptors (Lipinski definition) is 0. The monoisotopic (exact) mass is 452 g/mol. The zero-order valence-electron chi connectivity index (χ0n) is 15.3. The van der Waals surface area contributed by atoms with Crippen LogP contribution in [0.2, 0.25) is 3.72 Å². The first kappa shape index (κ1) is 24.5. The second-order valence-corrected chi connectivity index (χ2v) is 8.53. The van der Waals surface area contributed by atoms with E-state index < -0.39 is 0 Å². The Kier molecular flexibility index (Phi) is 9.39. The van der Waals surface area contributed by atoms with Crippen LogP contribution in [0.1, 0.15) is 36.8 Å². The first-order valence-corrected chi connectivity index (χ1v) is 9.71. The minimum Gasteiger partial charge on any atom is -1.00 e. The molecule has 0 saturated heterocycles. The third kappa shape index (κ3) is 4.41. The van der Waals surface area contributed by atoms with Crippen molar-refractivity contribution in [1.82, 2.24) is 0 Å². The smallest absolute Gasteiger partial charge is 1.00 e. The Hall–Kier alpha value is -0.496. The largest absolute Gasteiger partial charge is 1.00 e. The van der Waals surface area contributed by atoms with Gasteiger partial charge in [-0.2, -0.15) is 0 Å². The minimum absolute atomic E-state index is 0. The van der Waals surface area contributed by atoms with E-state index in [1.54, 1.807) is 5.57 Å². The molecule has 0 amide bonds. The van der Waals surface area contributed by atoms with Gasteiger partial charge in [0.25, 0.3) is 0 Å². The summed E-state index contributed by atoms with van der Waals surface area (Å²) in [5.41, 5.74) is 4.54. The van der Waals surface area contributed by atoms with Gasteiger partial charge in [0.1, 0.15) is 0 Å². The number of rotatable bonds is 3. The van der Waals surface area contributed by atoms with Crippen molar-refractivity contribution in [1.29, 1.82) is 0 Å². The molecule has 2 aromatic carbocycles. The average Bonchev–Trinajstić information content (AvgIpc) is 2.89. The van der Waals surface area contributed by atoms with Crippen LogP contribution in [-0.4, -0.2) is 0 Å². The van der Waals surface area contributed by atoms with Gasteiger partial charge < -0.3 is 37.2 Å². The van der Waals surface area contributed by atoms with Crippen molar-refractivity contribution < 1.29 is 57.7 Å². The molecule has 1 fully saturated rings. The first-order valence-electron chi connectivity index (χ1n) is 8.93. The molecule has 2 aromatic rings. The summed E-state index contributed by atoms with van der Waals surface area (Å²) in [6, 6.07) is 22.2. The van der Waals surface area contributed by atoms with Crippen LogP contribution in [0.5, 0.6) is 0 Å². The minimum atomic E-state index is 0. The van der Waals surface area contributed by atoms with E-state index >= 15 is 0 Å². The molecule has 0 heterocycles. The molecule has 0 aliphatic heterocycles. The van der Waals surface area contributed by atoms with E-state index in [2.05, 4.69) is 106 Å². The van der Waals surface area contributed by atoms with Gasteiger partial charge in [0, 0.05) is 0 Å². The van der Waals surface area contributed by atoms with Gasteiger partial charge in [0.05, 0.1) is 0 Å². The van der Waals surface area contributed by atoms with Crippen molar-refractivity contribution in [3.63, 3.8) is 0 Å². The van der Waals surface area contributed by atoms with Crippen molar-refractivity contribution in [2.45, 2.75) is 29.4 Å². The van der Waals surface area contributed by atoms with Gasteiger partial charge in [0.2, 0.25) is 0 Å². The molecule has 0 aromatic heterocycles. The Labute approximate surface area is 193 Å². The first-order chi connectivity index (χ1) is 11.7. The van der Waals surface area contributed by atoms with E-state index in [1.807, 2.05) is 0 Å². The Morgan fingerprint density at radius 2 is 1.41 bits per heavy atom. The van der Waals surface area contributed by atoms with Crippen molar-refractivity contribution in [3.8, 4) is 0 Å². The Bertz CT molecular complexity index is 733. The Morgan fingerprint density at radius 3 is 1.93 bits per heavy atom. The second-order valence-electron chi connectivity index (χ2n) is 7.24. The third-order valence-corrected chi connectivity index (χ3v) is 7.56. The van der Waals surface area contributed by atoms with Gasteiger partial charge in [-0.15, -0.1) is 0 Å². The van der Waals surface area contributed by atoms with Crippen LogP contribution < -0.4 is 37.2 Å². The SMILES string of the molecule is CC1CC2CC=CC=C2[C]1([Ti+3])C(c1ccccc1)c1ccccc1.[Cl-].[Cl-].[Cl-]. The van der Waals surface area contributed by atoms with Gasteiger partial charge in [0.15, 0.2) is 0 Å². The Balaban J connectivity index is 0.00000121. The summed E-state index contributed by atoms with van der Waals surface area (Å²) in [6.45, 7) is 2.46. The molecule has 3 unspecified atom stereocenters. The summed E-state index contributed by atoms with van der Waals surface area (Å²) in [5, 5.41) is 0. The van der Waals surface area contributed by atoms with Crippen molar-refractivity contribution >= 4 is 0 Å². The van der Waals surface area contributed by atoms with E-state index in [0.717, 1.165) is 5.92 Å². The van der Waals surface area contributed by atoms with Crippen molar-refractivity contribution in [2.24, 2.45) is 11.8 Å². The van der Waals surface area contributed by atoms with Crippen LogP contribution in [0.4, 0.5) is 0 Å². The average molecular weight is 454 g/mol. The molecule has 0 spiro atoms. The zero-order chi connectivity index (χ0) is 16.6. The molecule has 0 radical (unpaired) electrons. The quantitative estimate of drug-likeness (QED) is 0.437. The predicted molar refractivity (Wildman–Crippen MR) is 96.5 cm³/mol. The number of benzene rings is 2. The second kappa shape index (κ2) is 10.3. The fourth-order valence-electron chi connectivity index (χ4n) is 4.73. The standard InChI is InChI=1S/C23H23.3ClH.Ti/c1-17-16-20-14-8-9-15-21(20)22(17)23(18-10-4-2-5-11-18)19-12-6-3-7-13-19;;;;/h2-13,15,17,20,23H,14,16H2,1H3;3*1H;/q;;;;+3/p-3. The van der Waals surface area contributed by atoms with Crippen molar-refractivity contribution in [2.75, 3.05) is 0 Å². The normalized spacial score (nSPS) is 25.6. The maximum Gasteiger partial charge on any atom is -1.00 e. The van der Waals surface area contributed by atoms with Crippen LogP contribution in [0, 0.1) is 11.8 Å². The van der Waals surface area contributed by atoms with Crippen LogP contribution in [0.25, 0.3) is 0 Å². The fraction of sp³-hybridized carbons (Fsp3) is 0.304.